The highest BCUT2D eigenvalue weighted by Gasteiger charge is 2.35. The number of carbonyl (C=O) groups is 1. The fraction of sp³-hybridized carbons (Fsp3) is 0.750. The van der Waals surface area contributed by atoms with Gasteiger partial charge in [0.2, 0.25) is 0 Å². The SMILES string of the molecule is C=CCOC(=O)NC1(CO)CCC(C)CC1. The van der Waals surface area contributed by atoms with E-state index in [1.165, 1.54) is 6.08 Å². The average Bonchev–Trinajstić information content (AvgIpc) is 2.30. The van der Waals surface area contributed by atoms with E-state index in [9.17, 15) is 9.90 Å². The molecule has 0 radical (unpaired) electrons. The molecule has 2 N–H and O–H groups in total. The minimum atomic E-state index is -0.481. The third-order valence-corrected chi connectivity index (χ3v) is 3.23. The maximum atomic E-state index is 11.4. The number of amides is 1. The minimum Gasteiger partial charge on any atom is -0.445 e. The van der Waals surface area contributed by atoms with Crippen molar-refractivity contribution >= 4 is 6.09 Å². The van der Waals surface area contributed by atoms with Crippen molar-refractivity contribution in [1.29, 1.82) is 0 Å². The Morgan fingerprint density at radius 1 is 1.62 bits per heavy atom. The van der Waals surface area contributed by atoms with Gasteiger partial charge < -0.3 is 15.2 Å². The van der Waals surface area contributed by atoms with Gasteiger partial charge in [0.1, 0.15) is 6.61 Å². The van der Waals surface area contributed by atoms with Crippen LogP contribution >= 0.6 is 0 Å². The zero-order valence-corrected chi connectivity index (χ0v) is 9.87. The molecule has 0 atom stereocenters. The first-order valence-electron chi connectivity index (χ1n) is 5.78. The van der Waals surface area contributed by atoms with Gasteiger partial charge >= 0.3 is 6.09 Å². The van der Waals surface area contributed by atoms with Gasteiger partial charge in [-0.1, -0.05) is 19.6 Å². The quantitative estimate of drug-likeness (QED) is 0.720. The molecule has 1 rings (SSSR count). The van der Waals surface area contributed by atoms with Crippen molar-refractivity contribution in [3.05, 3.63) is 12.7 Å². The summed E-state index contributed by atoms with van der Waals surface area (Å²) in [5.74, 6) is 0.672. The second-order valence-corrected chi connectivity index (χ2v) is 4.63. The van der Waals surface area contributed by atoms with Crippen molar-refractivity contribution in [2.75, 3.05) is 13.2 Å². The summed E-state index contributed by atoms with van der Waals surface area (Å²) in [5, 5.41) is 12.2. The first-order chi connectivity index (χ1) is 7.62. The Kier molecular flexibility index (Phi) is 4.80. The first kappa shape index (κ1) is 13.0. The molecule has 1 aliphatic rings. The van der Waals surface area contributed by atoms with Gasteiger partial charge in [0.15, 0.2) is 0 Å². The number of alkyl carbamates (subject to hydrolysis) is 1. The fourth-order valence-electron chi connectivity index (χ4n) is 2.02. The van der Waals surface area contributed by atoms with Crippen LogP contribution in [0.15, 0.2) is 12.7 Å². The Hall–Kier alpha value is -1.03. The van der Waals surface area contributed by atoms with Gasteiger partial charge in [0, 0.05) is 0 Å². The molecule has 4 heteroatoms. The van der Waals surface area contributed by atoms with Crippen LogP contribution in [0.4, 0.5) is 4.79 Å². The summed E-state index contributed by atoms with van der Waals surface area (Å²) in [5.41, 5.74) is -0.481. The van der Waals surface area contributed by atoms with Gasteiger partial charge in [0.25, 0.3) is 0 Å². The Balaban J connectivity index is 2.47. The smallest absolute Gasteiger partial charge is 0.407 e. The third-order valence-electron chi connectivity index (χ3n) is 3.23. The molecule has 92 valence electrons. The molecule has 1 aliphatic carbocycles. The number of aliphatic hydroxyl groups excluding tert-OH is 1. The number of rotatable bonds is 4. The van der Waals surface area contributed by atoms with Gasteiger partial charge in [-0.15, -0.1) is 0 Å². The van der Waals surface area contributed by atoms with Crippen LogP contribution in [0.3, 0.4) is 0 Å². The Morgan fingerprint density at radius 3 is 2.75 bits per heavy atom. The van der Waals surface area contributed by atoms with Crippen molar-refractivity contribution in [3.63, 3.8) is 0 Å². The Bertz CT molecular complexity index is 245. The highest BCUT2D eigenvalue weighted by molar-refractivity contribution is 5.68. The molecule has 0 aromatic rings. The summed E-state index contributed by atoms with van der Waals surface area (Å²) in [4.78, 5) is 11.4. The molecule has 0 heterocycles. The molecule has 4 nitrogen and oxygen atoms in total. The summed E-state index contributed by atoms with van der Waals surface area (Å²) in [6, 6.07) is 0. The van der Waals surface area contributed by atoms with E-state index in [0.29, 0.717) is 5.92 Å². The fourth-order valence-corrected chi connectivity index (χ4v) is 2.02. The van der Waals surface area contributed by atoms with Crippen LogP contribution in [0.25, 0.3) is 0 Å². The lowest BCUT2D eigenvalue weighted by atomic mass is 9.78. The zero-order valence-electron chi connectivity index (χ0n) is 9.87. The van der Waals surface area contributed by atoms with E-state index in [2.05, 4.69) is 18.8 Å². The molecule has 0 aromatic heterocycles. The number of aliphatic hydroxyl groups is 1. The predicted molar refractivity (Wildman–Crippen MR) is 62.1 cm³/mol. The highest BCUT2D eigenvalue weighted by atomic mass is 16.5. The molecule has 0 aromatic carbocycles. The molecular weight excluding hydrogens is 206 g/mol. The van der Waals surface area contributed by atoms with Crippen LogP contribution in [-0.2, 0) is 4.74 Å². The number of ether oxygens (including phenoxy) is 1. The molecule has 0 spiro atoms. The van der Waals surface area contributed by atoms with Crippen LogP contribution in [-0.4, -0.2) is 30.0 Å². The maximum absolute atomic E-state index is 11.4. The van der Waals surface area contributed by atoms with Gasteiger partial charge in [-0.25, -0.2) is 4.79 Å². The van der Waals surface area contributed by atoms with E-state index < -0.39 is 11.6 Å². The second-order valence-electron chi connectivity index (χ2n) is 4.63. The lowest BCUT2D eigenvalue weighted by molar-refractivity contribution is 0.0877. The monoisotopic (exact) mass is 227 g/mol. The maximum Gasteiger partial charge on any atom is 0.407 e. The normalized spacial score (nSPS) is 29.5. The third kappa shape index (κ3) is 3.52. The molecule has 0 aliphatic heterocycles. The van der Waals surface area contributed by atoms with Crippen LogP contribution in [0.5, 0.6) is 0 Å². The summed E-state index contributed by atoms with van der Waals surface area (Å²) in [6.45, 7) is 5.84. The first-order valence-corrected chi connectivity index (χ1v) is 5.78. The second kappa shape index (κ2) is 5.89. The number of hydrogen-bond acceptors (Lipinski definition) is 3. The lowest BCUT2D eigenvalue weighted by Crippen LogP contribution is -2.53. The van der Waals surface area contributed by atoms with Crippen molar-refractivity contribution in [1.82, 2.24) is 5.32 Å². The Morgan fingerprint density at radius 2 is 2.25 bits per heavy atom. The molecule has 1 amide bonds. The van der Waals surface area contributed by atoms with E-state index in [0.717, 1.165) is 25.7 Å². The van der Waals surface area contributed by atoms with Crippen molar-refractivity contribution < 1.29 is 14.6 Å². The van der Waals surface area contributed by atoms with E-state index in [1.807, 2.05) is 0 Å². The van der Waals surface area contributed by atoms with E-state index >= 15 is 0 Å². The lowest BCUT2D eigenvalue weighted by Gasteiger charge is -2.38. The number of carbonyl (C=O) groups excluding carboxylic acids is 1. The van der Waals surface area contributed by atoms with Crippen molar-refractivity contribution in [2.24, 2.45) is 5.92 Å². The topological polar surface area (TPSA) is 58.6 Å². The summed E-state index contributed by atoms with van der Waals surface area (Å²) in [6.07, 6.45) is 4.74. The molecule has 0 unspecified atom stereocenters. The van der Waals surface area contributed by atoms with Crippen molar-refractivity contribution in [2.45, 2.75) is 38.1 Å². The van der Waals surface area contributed by atoms with Crippen LogP contribution in [0.2, 0.25) is 0 Å². The number of nitrogens with one attached hydrogen (secondary N) is 1. The molecule has 1 fully saturated rings. The highest BCUT2D eigenvalue weighted by Crippen LogP contribution is 2.31. The zero-order chi connectivity index (χ0) is 12.0. The van der Waals surface area contributed by atoms with E-state index in [4.69, 9.17) is 4.74 Å². The Labute approximate surface area is 96.7 Å². The van der Waals surface area contributed by atoms with Crippen molar-refractivity contribution in [3.8, 4) is 0 Å². The van der Waals surface area contributed by atoms with Gasteiger partial charge in [0.05, 0.1) is 12.1 Å². The van der Waals surface area contributed by atoms with Gasteiger partial charge in [-0.2, -0.15) is 0 Å². The van der Waals surface area contributed by atoms with Crippen LogP contribution < -0.4 is 5.32 Å². The standard InChI is InChI=1S/C12H21NO3/c1-3-8-16-11(15)13-12(9-14)6-4-10(2)5-7-12/h3,10,14H,1,4-9H2,2H3,(H,13,15). The molecule has 0 saturated heterocycles. The molecule has 16 heavy (non-hydrogen) atoms. The summed E-state index contributed by atoms with van der Waals surface area (Å²) in [7, 11) is 0. The summed E-state index contributed by atoms with van der Waals surface area (Å²) < 4.78 is 4.87. The molecule has 0 bridgehead atoms. The van der Waals surface area contributed by atoms with E-state index in [1.54, 1.807) is 0 Å². The summed E-state index contributed by atoms with van der Waals surface area (Å²) >= 11 is 0. The molecular formula is C12H21NO3. The molecule has 1 saturated carbocycles. The predicted octanol–water partition coefficient (Wildman–Crippen LogP) is 1.84. The van der Waals surface area contributed by atoms with Gasteiger partial charge in [-0.05, 0) is 31.6 Å². The van der Waals surface area contributed by atoms with Gasteiger partial charge in [-0.3, -0.25) is 0 Å². The largest absolute Gasteiger partial charge is 0.445 e. The van der Waals surface area contributed by atoms with Crippen LogP contribution in [0.1, 0.15) is 32.6 Å². The number of hydrogen-bond donors (Lipinski definition) is 2. The minimum absolute atomic E-state index is 0.0249. The van der Waals surface area contributed by atoms with Crippen LogP contribution in [0, 0.1) is 5.92 Å². The average molecular weight is 227 g/mol. The van der Waals surface area contributed by atoms with E-state index in [-0.39, 0.29) is 13.2 Å².